The molecule has 0 atom stereocenters. The summed E-state index contributed by atoms with van der Waals surface area (Å²) in [4.78, 5) is 2.66. The third kappa shape index (κ3) is 5.92. The van der Waals surface area contributed by atoms with E-state index in [1.807, 2.05) is 11.8 Å². The molecule has 1 heterocycles. The number of piperidine rings is 1. The minimum absolute atomic E-state index is 0.693. The van der Waals surface area contributed by atoms with Gasteiger partial charge in [0.05, 0.1) is 0 Å². The fraction of sp³-hybridized carbons (Fsp3) is 1.00. The van der Waals surface area contributed by atoms with E-state index in [1.165, 1.54) is 51.1 Å². The minimum atomic E-state index is -0.985. The lowest BCUT2D eigenvalue weighted by Crippen LogP contribution is -2.35. The highest BCUT2D eigenvalue weighted by Gasteiger charge is 2.27. The van der Waals surface area contributed by atoms with Gasteiger partial charge in [-0.25, -0.2) is 4.39 Å². The summed E-state index contributed by atoms with van der Waals surface area (Å²) in [6.45, 7) is 7.33. The lowest BCUT2D eigenvalue weighted by molar-refractivity contribution is 0.187. The van der Waals surface area contributed by atoms with Gasteiger partial charge in [0.25, 0.3) is 0 Å². The molecule has 0 N–H and O–H groups in total. The predicted molar refractivity (Wildman–Crippen MR) is 79.0 cm³/mol. The lowest BCUT2D eigenvalue weighted by Gasteiger charge is -2.31. The van der Waals surface area contributed by atoms with Gasteiger partial charge in [-0.1, -0.05) is 0 Å². The molecule has 1 nitrogen and oxygen atoms in total. The van der Waals surface area contributed by atoms with E-state index in [0.29, 0.717) is 6.42 Å². The van der Waals surface area contributed by atoms with Crippen LogP contribution in [0.2, 0.25) is 0 Å². The molecular weight excluding hydrogens is 245 g/mol. The van der Waals surface area contributed by atoms with E-state index in [1.54, 1.807) is 13.8 Å². The lowest BCUT2D eigenvalue weighted by atomic mass is 9.99. The Bertz CT molecular complexity index is 239. The summed E-state index contributed by atoms with van der Waals surface area (Å²) in [5.41, 5.74) is -0.985. The van der Waals surface area contributed by atoms with Gasteiger partial charge in [0.1, 0.15) is 5.67 Å². The molecule has 0 bridgehead atoms. The SMILES string of the molecule is CC(C)(F)CCSCC1CCN(CC2CC2)CC1. The van der Waals surface area contributed by atoms with Gasteiger partial charge in [-0.15, -0.1) is 0 Å². The minimum Gasteiger partial charge on any atom is -0.303 e. The van der Waals surface area contributed by atoms with Crippen molar-refractivity contribution in [3.05, 3.63) is 0 Å². The molecule has 1 aliphatic heterocycles. The summed E-state index contributed by atoms with van der Waals surface area (Å²) in [7, 11) is 0. The van der Waals surface area contributed by atoms with Crippen LogP contribution in [0.25, 0.3) is 0 Å². The molecule has 2 rings (SSSR count). The van der Waals surface area contributed by atoms with E-state index in [9.17, 15) is 4.39 Å². The van der Waals surface area contributed by atoms with E-state index >= 15 is 0 Å². The van der Waals surface area contributed by atoms with Crippen molar-refractivity contribution >= 4 is 11.8 Å². The molecule has 18 heavy (non-hydrogen) atoms. The molecule has 0 amide bonds. The zero-order chi connectivity index (χ0) is 13.0. The second kappa shape index (κ2) is 6.60. The van der Waals surface area contributed by atoms with Gasteiger partial charge < -0.3 is 4.90 Å². The molecule has 106 valence electrons. The van der Waals surface area contributed by atoms with Crippen molar-refractivity contribution in [2.45, 2.75) is 51.6 Å². The predicted octanol–water partition coefficient (Wildman–Crippen LogP) is 3.98. The van der Waals surface area contributed by atoms with Gasteiger partial charge in [0.2, 0.25) is 0 Å². The first-order valence-electron chi connectivity index (χ1n) is 7.52. The molecule has 2 fully saturated rings. The molecule has 0 aromatic heterocycles. The van der Waals surface area contributed by atoms with Crippen LogP contribution in [0.3, 0.4) is 0 Å². The number of hydrogen-bond donors (Lipinski definition) is 0. The normalized spacial score (nSPS) is 23.5. The first-order valence-corrected chi connectivity index (χ1v) is 8.67. The number of alkyl halides is 1. The average Bonchev–Trinajstić information content (AvgIpc) is 3.09. The quantitative estimate of drug-likeness (QED) is 0.646. The molecule has 0 radical (unpaired) electrons. The Kier molecular flexibility index (Phi) is 5.37. The van der Waals surface area contributed by atoms with Gasteiger partial charge in [0.15, 0.2) is 0 Å². The molecule has 1 saturated heterocycles. The number of thioether (sulfide) groups is 1. The second-order valence-electron chi connectivity index (χ2n) is 6.73. The summed E-state index contributed by atoms with van der Waals surface area (Å²) in [6.07, 6.45) is 6.35. The number of hydrogen-bond acceptors (Lipinski definition) is 2. The average molecular weight is 273 g/mol. The largest absolute Gasteiger partial charge is 0.303 e. The van der Waals surface area contributed by atoms with Gasteiger partial charge in [-0.2, -0.15) is 11.8 Å². The van der Waals surface area contributed by atoms with E-state index in [0.717, 1.165) is 17.6 Å². The van der Waals surface area contributed by atoms with Crippen LogP contribution in [0, 0.1) is 11.8 Å². The highest BCUT2D eigenvalue weighted by molar-refractivity contribution is 7.99. The molecule has 2 aliphatic rings. The highest BCUT2D eigenvalue weighted by Crippen LogP contribution is 2.31. The summed E-state index contributed by atoms with van der Waals surface area (Å²) in [5, 5.41) is 0. The van der Waals surface area contributed by atoms with Crippen molar-refractivity contribution in [3.8, 4) is 0 Å². The summed E-state index contributed by atoms with van der Waals surface area (Å²) in [5.74, 6) is 4.13. The number of nitrogens with zero attached hydrogens (tertiary/aromatic N) is 1. The maximum absolute atomic E-state index is 13.3. The summed E-state index contributed by atoms with van der Waals surface area (Å²) in [6, 6.07) is 0. The van der Waals surface area contributed by atoms with Crippen LogP contribution in [0.1, 0.15) is 46.0 Å². The van der Waals surface area contributed by atoms with Crippen molar-refractivity contribution in [2.75, 3.05) is 31.1 Å². The van der Waals surface area contributed by atoms with Crippen LogP contribution < -0.4 is 0 Å². The Morgan fingerprint density at radius 3 is 2.33 bits per heavy atom. The van der Waals surface area contributed by atoms with Crippen LogP contribution in [-0.2, 0) is 0 Å². The van der Waals surface area contributed by atoms with Crippen molar-refractivity contribution < 1.29 is 4.39 Å². The third-order valence-electron chi connectivity index (χ3n) is 4.11. The van der Waals surface area contributed by atoms with E-state index in [2.05, 4.69) is 4.90 Å². The summed E-state index contributed by atoms with van der Waals surface area (Å²) >= 11 is 1.96. The second-order valence-corrected chi connectivity index (χ2v) is 7.88. The van der Waals surface area contributed by atoms with Crippen LogP contribution in [0.15, 0.2) is 0 Å². The topological polar surface area (TPSA) is 3.24 Å². The summed E-state index contributed by atoms with van der Waals surface area (Å²) < 4.78 is 13.3. The fourth-order valence-electron chi connectivity index (χ4n) is 2.57. The van der Waals surface area contributed by atoms with Gasteiger partial charge >= 0.3 is 0 Å². The van der Waals surface area contributed by atoms with Crippen molar-refractivity contribution in [3.63, 3.8) is 0 Å². The number of halogens is 1. The molecule has 0 aromatic rings. The van der Waals surface area contributed by atoms with Crippen molar-refractivity contribution in [1.29, 1.82) is 0 Å². The van der Waals surface area contributed by atoms with E-state index in [4.69, 9.17) is 0 Å². The molecule has 1 saturated carbocycles. The zero-order valence-corrected chi connectivity index (χ0v) is 12.8. The molecule has 0 aromatic carbocycles. The Hall–Kier alpha value is 0.240. The maximum Gasteiger partial charge on any atom is 0.106 e. The van der Waals surface area contributed by atoms with E-state index < -0.39 is 5.67 Å². The first kappa shape index (κ1) is 14.6. The fourth-order valence-corrected chi connectivity index (χ4v) is 4.03. The van der Waals surface area contributed by atoms with Crippen LogP contribution in [0.4, 0.5) is 4.39 Å². The molecule has 1 aliphatic carbocycles. The Labute approximate surface area is 116 Å². The number of likely N-dealkylation sites (tertiary alicyclic amines) is 1. The Morgan fingerprint density at radius 2 is 1.78 bits per heavy atom. The maximum atomic E-state index is 13.3. The zero-order valence-electron chi connectivity index (χ0n) is 12.0. The smallest absolute Gasteiger partial charge is 0.106 e. The molecule has 3 heteroatoms. The Balaban J connectivity index is 1.50. The standard InChI is InChI=1S/C15H28FNS/c1-15(2,16)7-10-18-12-14-5-8-17(9-6-14)11-13-3-4-13/h13-14H,3-12H2,1-2H3. The van der Waals surface area contributed by atoms with Gasteiger partial charge in [0, 0.05) is 6.54 Å². The first-order chi connectivity index (χ1) is 8.53. The number of rotatable bonds is 7. The molecule has 0 spiro atoms. The molecular formula is C15H28FNS. The van der Waals surface area contributed by atoms with Crippen LogP contribution in [0.5, 0.6) is 0 Å². The Morgan fingerprint density at radius 1 is 1.11 bits per heavy atom. The van der Waals surface area contributed by atoms with Crippen LogP contribution >= 0.6 is 11.8 Å². The third-order valence-corrected chi connectivity index (χ3v) is 5.31. The highest BCUT2D eigenvalue weighted by atomic mass is 32.2. The van der Waals surface area contributed by atoms with E-state index in [-0.39, 0.29) is 0 Å². The van der Waals surface area contributed by atoms with Gasteiger partial charge in [-0.3, -0.25) is 0 Å². The molecule has 0 unspecified atom stereocenters. The monoisotopic (exact) mass is 273 g/mol. The van der Waals surface area contributed by atoms with Crippen molar-refractivity contribution in [2.24, 2.45) is 11.8 Å². The van der Waals surface area contributed by atoms with Crippen molar-refractivity contribution in [1.82, 2.24) is 4.90 Å². The van der Waals surface area contributed by atoms with Gasteiger partial charge in [-0.05, 0) is 82.4 Å². The van der Waals surface area contributed by atoms with Crippen LogP contribution in [-0.4, -0.2) is 41.7 Å².